The molecular formula is C23H23N5O3S2. The van der Waals surface area contributed by atoms with Crippen molar-refractivity contribution in [1.82, 2.24) is 24.1 Å². The molecule has 0 spiro atoms. The summed E-state index contributed by atoms with van der Waals surface area (Å²) >= 11 is 2.79. The first-order chi connectivity index (χ1) is 16.2. The number of amides is 1. The van der Waals surface area contributed by atoms with Gasteiger partial charge in [0, 0.05) is 19.7 Å². The number of carbonyl (C=O) groups is 1. The molecule has 8 nitrogen and oxygen atoms in total. The topological polar surface area (TPSA) is 81.7 Å². The molecule has 2 aliphatic heterocycles. The number of benzene rings is 1. The third kappa shape index (κ3) is 3.75. The first-order valence-corrected chi connectivity index (χ1v) is 13.0. The minimum absolute atomic E-state index is 0.0141. The quantitative estimate of drug-likeness (QED) is 0.408. The van der Waals surface area contributed by atoms with Gasteiger partial charge in [-0.2, -0.15) is 0 Å². The number of hydrogen-bond acceptors (Lipinski definition) is 7. The molecule has 1 fully saturated rings. The van der Waals surface area contributed by atoms with Crippen molar-refractivity contribution in [3.8, 4) is 0 Å². The SMILES string of the molecule is O=C(CSc1nnc2n(CC3CCCO3)c(=O)c3sccc3n12)N1CCc2ccccc2C1. The average Bonchev–Trinajstić information content (AvgIpc) is 3.60. The zero-order valence-electron chi connectivity index (χ0n) is 18.0. The number of hydrogen-bond donors (Lipinski definition) is 0. The molecule has 1 saturated heterocycles. The highest BCUT2D eigenvalue weighted by Crippen LogP contribution is 2.26. The van der Waals surface area contributed by atoms with Crippen molar-refractivity contribution in [3.63, 3.8) is 0 Å². The summed E-state index contributed by atoms with van der Waals surface area (Å²) < 4.78 is 10.0. The number of thiophene rings is 1. The van der Waals surface area contributed by atoms with Crippen molar-refractivity contribution in [2.24, 2.45) is 0 Å². The number of carbonyl (C=O) groups excluding carboxylic acids is 1. The van der Waals surface area contributed by atoms with E-state index >= 15 is 0 Å². The van der Waals surface area contributed by atoms with Crippen LogP contribution >= 0.6 is 23.1 Å². The standard InChI is InChI=1S/C23H23N5O3S2/c29-19(26-9-7-15-4-1-2-5-16(15)12-26)14-33-23-25-24-22-27(13-17-6-3-10-31-17)21(30)20-18(28(22)23)8-11-32-20/h1-2,4-5,8,11,17H,3,6-7,9-10,12-14H2. The first-order valence-electron chi connectivity index (χ1n) is 11.1. The van der Waals surface area contributed by atoms with E-state index in [1.807, 2.05) is 32.9 Å². The number of thioether (sulfide) groups is 1. The minimum Gasteiger partial charge on any atom is -0.376 e. The van der Waals surface area contributed by atoms with Gasteiger partial charge in [0.2, 0.25) is 11.7 Å². The van der Waals surface area contributed by atoms with Gasteiger partial charge in [0.05, 0.1) is 23.9 Å². The van der Waals surface area contributed by atoms with Crippen molar-refractivity contribution in [2.45, 2.75) is 43.6 Å². The number of nitrogens with zero attached hydrogens (tertiary/aromatic N) is 5. The third-order valence-corrected chi connectivity index (χ3v) is 8.21. The second kappa shape index (κ2) is 8.58. The van der Waals surface area contributed by atoms with Crippen molar-refractivity contribution in [1.29, 1.82) is 0 Å². The maximum Gasteiger partial charge on any atom is 0.272 e. The number of ether oxygens (including phenoxy) is 1. The lowest BCUT2D eigenvalue weighted by molar-refractivity contribution is -0.129. The van der Waals surface area contributed by atoms with E-state index in [4.69, 9.17) is 4.74 Å². The fourth-order valence-electron chi connectivity index (χ4n) is 4.68. The molecule has 33 heavy (non-hydrogen) atoms. The largest absolute Gasteiger partial charge is 0.376 e. The first kappa shape index (κ1) is 20.9. The Labute approximate surface area is 198 Å². The van der Waals surface area contributed by atoms with Crippen LogP contribution in [-0.2, 0) is 29.0 Å². The Morgan fingerprint density at radius 1 is 1.21 bits per heavy atom. The van der Waals surface area contributed by atoms with Gasteiger partial charge in [-0.1, -0.05) is 36.0 Å². The molecule has 10 heteroatoms. The lowest BCUT2D eigenvalue weighted by Gasteiger charge is -2.28. The van der Waals surface area contributed by atoms with Gasteiger partial charge in [0.25, 0.3) is 5.56 Å². The summed E-state index contributed by atoms with van der Waals surface area (Å²) in [7, 11) is 0. The molecule has 0 bridgehead atoms. The van der Waals surface area contributed by atoms with Crippen LogP contribution in [0.25, 0.3) is 16.0 Å². The second-order valence-electron chi connectivity index (χ2n) is 8.43. The van der Waals surface area contributed by atoms with Crippen LogP contribution in [0.2, 0.25) is 0 Å². The maximum absolute atomic E-state index is 13.1. The molecule has 6 rings (SSSR count). The number of fused-ring (bicyclic) bond motifs is 4. The Hall–Kier alpha value is -2.69. The van der Waals surface area contributed by atoms with Crippen molar-refractivity contribution in [3.05, 3.63) is 57.2 Å². The fourth-order valence-corrected chi connectivity index (χ4v) is 6.34. The van der Waals surface area contributed by atoms with E-state index in [1.54, 1.807) is 4.57 Å². The van der Waals surface area contributed by atoms with Crippen molar-refractivity contribution in [2.75, 3.05) is 18.9 Å². The minimum atomic E-state index is -0.0602. The van der Waals surface area contributed by atoms with Gasteiger partial charge in [0.1, 0.15) is 4.70 Å². The van der Waals surface area contributed by atoms with Crippen LogP contribution in [0.4, 0.5) is 0 Å². The maximum atomic E-state index is 13.1. The van der Waals surface area contributed by atoms with Crippen LogP contribution < -0.4 is 5.56 Å². The van der Waals surface area contributed by atoms with Gasteiger partial charge in [-0.15, -0.1) is 21.5 Å². The van der Waals surface area contributed by atoms with E-state index in [0.717, 1.165) is 37.9 Å². The zero-order valence-corrected chi connectivity index (χ0v) is 19.6. The van der Waals surface area contributed by atoms with Crippen molar-refractivity contribution >= 4 is 45.0 Å². The summed E-state index contributed by atoms with van der Waals surface area (Å²) in [5.74, 6) is 0.864. The monoisotopic (exact) mass is 481 g/mol. The lowest BCUT2D eigenvalue weighted by Crippen LogP contribution is -2.37. The molecule has 2 aliphatic rings. The van der Waals surface area contributed by atoms with Crippen LogP contribution in [0.5, 0.6) is 0 Å². The van der Waals surface area contributed by atoms with Crippen LogP contribution in [0.15, 0.2) is 45.7 Å². The Morgan fingerprint density at radius 3 is 2.94 bits per heavy atom. The highest BCUT2D eigenvalue weighted by Gasteiger charge is 2.24. The van der Waals surface area contributed by atoms with Gasteiger partial charge in [-0.3, -0.25) is 18.6 Å². The van der Waals surface area contributed by atoms with E-state index in [1.165, 1.54) is 34.2 Å². The Morgan fingerprint density at radius 2 is 2.09 bits per heavy atom. The molecule has 170 valence electrons. The molecule has 1 unspecified atom stereocenters. The van der Waals surface area contributed by atoms with Gasteiger partial charge in [0.15, 0.2) is 5.16 Å². The molecule has 1 aromatic carbocycles. The van der Waals surface area contributed by atoms with E-state index in [-0.39, 0.29) is 23.3 Å². The predicted octanol–water partition coefficient (Wildman–Crippen LogP) is 2.96. The predicted molar refractivity (Wildman–Crippen MR) is 128 cm³/mol. The Kier molecular flexibility index (Phi) is 5.43. The third-order valence-electron chi connectivity index (χ3n) is 6.40. The van der Waals surface area contributed by atoms with E-state index in [2.05, 4.69) is 22.3 Å². The molecule has 0 N–H and O–H groups in total. The summed E-state index contributed by atoms with van der Waals surface area (Å²) in [6.45, 7) is 2.57. The van der Waals surface area contributed by atoms with Crippen LogP contribution in [0.3, 0.4) is 0 Å². The molecule has 1 amide bonds. The van der Waals surface area contributed by atoms with E-state index < -0.39 is 0 Å². The molecule has 0 radical (unpaired) electrons. The average molecular weight is 482 g/mol. The smallest absolute Gasteiger partial charge is 0.272 e. The number of aromatic nitrogens is 4. The van der Waals surface area contributed by atoms with Gasteiger partial charge in [-0.25, -0.2) is 0 Å². The van der Waals surface area contributed by atoms with Crippen LogP contribution in [0, 0.1) is 0 Å². The molecule has 1 atom stereocenters. The zero-order chi connectivity index (χ0) is 22.4. The molecule has 0 aliphatic carbocycles. The summed E-state index contributed by atoms with van der Waals surface area (Å²) in [5.41, 5.74) is 3.26. The van der Waals surface area contributed by atoms with Gasteiger partial charge in [-0.05, 0) is 41.8 Å². The van der Waals surface area contributed by atoms with Crippen molar-refractivity contribution < 1.29 is 9.53 Å². The summed E-state index contributed by atoms with van der Waals surface area (Å²) in [5, 5.41) is 11.2. The molecule has 4 aromatic rings. The fraction of sp³-hybridized carbons (Fsp3) is 0.391. The normalized spacial score (nSPS) is 18.3. The molecule has 5 heterocycles. The summed E-state index contributed by atoms with van der Waals surface area (Å²) in [6.07, 6.45) is 2.84. The number of rotatable bonds is 5. The molecule has 0 saturated carbocycles. The summed E-state index contributed by atoms with van der Waals surface area (Å²) in [6, 6.07) is 10.2. The Balaban J connectivity index is 1.27. The highest BCUT2D eigenvalue weighted by atomic mass is 32.2. The van der Waals surface area contributed by atoms with Gasteiger partial charge < -0.3 is 9.64 Å². The van der Waals surface area contributed by atoms with Gasteiger partial charge >= 0.3 is 0 Å². The summed E-state index contributed by atoms with van der Waals surface area (Å²) in [4.78, 5) is 28.0. The van der Waals surface area contributed by atoms with Crippen LogP contribution in [-0.4, -0.2) is 55.0 Å². The van der Waals surface area contributed by atoms with Crippen LogP contribution in [0.1, 0.15) is 24.0 Å². The molecule has 3 aromatic heterocycles. The lowest BCUT2D eigenvalue weighted by atomic mass is 10.00. The van der Waals surface area contributed by atoms with E-state index in [0.29, 0.717) is 28.7 Å². The highest BCUT2D eigenvalue weighted by molar-refractivity contribution is 7.99. The molecular weight excluding hydrogens is 458 g/mol. The Bertz CT molecular complexity index is 1400. The van der Waals surface area contributed by atoms with E-state index in [9.17, 15) is 9.59 Å². The second-order valence-corrected chi connectivity index (χ2v) is 10.3.